The molecule has 1 heterocycles. The molecule has 2 aromatic rings. The van der Waals surface area contributed by atoms with E-state index in [1.807, 2.05) is 43.3 Å². The number of halogens is 3. The highest BCUT2D eigenvalue weighted by atomic mass is 19.4. The number of guanidine groups is 1. The summed E-state index contributed by atoms with van der Waals surface area (Å²) in [5, 5.41) is 9.40. The number of nitrogens with zero attached hydrogens (tertiary/aromatic N) is 1. The lowest BCUT2D eigenvalue weighted by Crippen LogP contribution is -2.40. The molecule has 0 spiro atoms. The number of carbonyl (C=O) groups is 1. The molecule has 1 atom stereocenters. The molecule has 1 aliphatic heterocycles. The van der Waals surface area contributed by atoms with Gasteiger partial charge in [-0.3, -0.25) is 4.79 Å². The maximum atomic E-state index is 12.2. The van der Waals surface area contributed by atoms with Crippen LogP contribution in [0.3, 0.4) is 0 Å². The van der Waals surface area contributed by atoms with Crippen LogP contribution in [0.2, 0.25) is 0 Å². The fourth-order valence-electron chi connectivity index (χ4n) is 3.44. The number of aliphatic imine (C=N–C) groups is 1. The van der Waals surface area contributed by atoms with Gasteiger partial charge in [0.05, 0.1) is 13.2 Å². The molecule has 1 unspecified atom stereocenters. The van der Waals surface area contributed by atoms with E-state index in [4.69, 9.17) is 0 Å². The molecule has 32 heavy (non-hydrogen) atoms. The number of hydrogen-bond acceptors (Lipinski definition) is 3. The Morgan fingerprint density at radius 3 is 2.56 bits per heavy atom. The molecule has 0 bridgehead atoms. The quantitative estimate of drug-likeness (QED) is 0.422. The van der Waals surface area contributed by atoms with E-state index in [-0.39, 0.29) is 18.4 Å². The van der Waals surface area contributed by atoms with E-state index in [2.05, 4.69) is 25.7 Å². The third-order valence-corrected chi connectivity index (χ3v) is 4.94. The lowest BCUT2D eigenvalue weighted by Gasteiger charge is -2.26. The minimum Gasteiger partial charge on any atom is -0.367 e. The summed E-state index contributed by atoms with van der Waals surface area (Å²) in [6.45, 7) is 2.26. The Morgan fingerprint density at radius 1 is 1.12 bits per heavy atom. The van der Waals surface area contributed by atoms with Crippen LogP contribution in [0.25, 0.3) is 0 Å². The van der Waals surface area contributed by atoms with Crippen molar-refractivity contribution in [3.63, 3.8) is 0 Å². The summed E-state index contributed by atoms with van der Waals surface area (Å²) < 4.78 is 41.2. The van der Waals surface area contributed by atoms with E-state index in [0.29, 0.717) is 37.6 Å². The largest absolute Gasteiger partial charge is 0.411 e. The average Bonchev–Trinajstić information content (AvgIpc) is 2.75. The fraction of sp³-hybridized carbons (Fsp3) is 0.391. The number of amides is 1. The first-order valence-corrected chi connectivity index (χ1v) is 10.5. The van der Waals surface area contributed by atoms with E-state index >= 15 is 0 Å². The number of rotatable bonds is 8. The predicted octanol–water partition coefficient (Wildman–Crippen LogP) is 3.95. The van der Waals surface area contributed by atoms with Crippen LogP contribution in [-0.4, -0.2) is 37.7 Å². The second-order valence-electron chi connectivity index (χ2n) is 7.54. The van der Waals surface area contributed by atoms with E-state index in [1.54, 1.807) is 12.1 Å². The van der Waals surface area contributed by atoms with Gasteiger partial charge in [0.1, 0.15) is 6.61 Å². The van der Waals surface area contributed by atoms with Gasteiger partial charge < -0.3 is 20.7 Å². The zero-order chi connectivity index (χ0) is 23.0. The van der Waals surface area contributed by atoms with Gasteiger partial charge in [-0.1, -0.05) is 42.5 Å². The summed E-state index contributed by atoms with van der Waals surface area (Å²) in [6, 6.07) is 14.9. The molecule has 3 rings (SSSR count). The third kappa shape index (κ3) is 7.26. The average molecular weight is 448 g/mol. The number of hydrogen-bond donors (Lipinski definition) is 3. The highest BCUT2D eigenvalue weighted by molar-refractivity contribution is 5.94. The molecular formula is C23H27F3N4O2. The molecular weight excluding hydrogens is 421 g/mol. The summed E-state index contributed by atoms with van der Waals surface area (Å²) in [7, 11) is 0. The lowest BCUT2D eigenvalue weighted by molar-refractivity contribution is -0.176. The first-order chi connectivity index (χ1) is 15.3. The van der Waals surface area contributed by atoms with Crippen molar-refractivity contribution >= 4 is 17.6 Å². The molecule has 0 saturated heterocycles. The number of ether oxygens (including phenoxy) is 1. The van der Waals surface area contributed by atoms with E-state index in [1.165, 1.54) is 0 Å². The molecule has 172 valence electrons. The summed E-state index contributed by atoms with van der Waals surface area (Å²) in [4.78, 5) is 16.6. The van der Waals surface area contributed by atoms with Crippen LogP contribution in [0.4, 0.5) is 18.9 Å². The van der Waals surface area contributed by atoms with Gasteiger partial charge in [-0.05, 0) is 29.7 Å². The van der Waals surface area contributed by atoms with Crippen LogP contribution in [0.5, 0.6) is 0 Å². The number of fused-ring (bicyclic) bond motifs is 1. The number of para-hydroxylation sites is 1. The second-order valence-corrected chi connectivity index (χ2v) is 7.54. The van der Waals surface area contributed by atoms with Gasteiger partial charge in [0.25, 0.3) is 0 Å². The maximum Gasteiger partial charge on any atom is 0.411 e. The second kappa shape index (κ2) is 11.0. The Hall–Kier alpha value is -3.07. The van der Waals surface area contributed by atoms with Gasteiger partial charge in [0, 0.05) is 31.1 Å². The van der Waals surface area contributed by atoms with E-state index < -0.39 is 12.8 Å². The number of anilines is 1. The van der Waals surface area contributed by atoms with Crippen molar-refractivity contribution in [1.82, 2.24) is 10.6 Å². The highest BCUT2D eigenvalue weighted by Gasteiger charge is 2.27. The monoisotopic (exact) mass is 448 g/mol. The third-order valence-electron chi connectivity index (χ3n) is 4.94. The van der Waals surface area contributed by atoms with Crippen LogP contribution >= 0.6 is 0 Å². The zero-order valence-corrected chi connectivity index (χ0v) is 17.8. The molecule has 1 amide bonds. The predicted molar refractivity (Wildman–Crippen MR) is 117 cm³/mol. The van der Waals surface area contributed by atoms with Gasteiger partial charge in [0.15, 0.2) is 5.96 Å². The standard InChI is InChI=1S/C23H27F3N4O2/c1-2-27-22(29-13-18-11-21(31)30-20-6-4-3-5-19(18)20)28-12-16-7-9-17(10-8-16)14-32-15-23(24,25)26/h3-10,18H,2,11-15H2,1H3,(H,30,31)(H2,27,28,29). The molecule has 2 aromatic carbocycles. The molecule has 1 aliphatic rings. The summed E-state index contributed by atoms with van der Waals surface area (Å²) in [5.74, 6) is 0.671. The Morgan fingerprint density at radius 2 is 1.84 bits per heavy atom. The lowest BCUT2D eigenvalue weighted by atomic mass is 9.90. The van der Waals surface area contributed by atoms with Gasteiger partial charge >= 0.3 is 6.18 Å². The molecule has 0 aliphatic carbocycles. The van der Waals surface area contributed by atoms with Gasteiger partial charge in [-0.2, -0.15) is 13.2 Å². The van der Waals surface area contributed by atoms with Gasteiger partial charge in [-0.25, -0.2) is 4.99 Å². The van der Waals surface area contributed by atoms with Crippen LogP contribution in [0, 0.1) is 0 Å². The number of carbonyl (C=O) groups excluding carboxylic acids is 1. The molecule has 0 radical (unpaired) electrons. The Kier molecular flexibility index (Phi) is 8.10. The van der Waals surface area contributed by atoms with Crippen molar-refractivity contribution in [1.29, 1.82) is 0 Å². The number of benzene rings is 2. The van der Waals surface area contributed by atoms with Crippen molar-refractivity contribution < 1.29 is 22.7 Å². The van der Waals surface area contributed by atoms with Crippen LogP contribution in [0.1, 0.15) is 36.0 Å². The molecule has 3 N–H and O–H groups in total. The minimum atomic E-state index is -4.33. The summed E-state index contributed by atoms with van der Waals surface area (Å²) >= 11 is 0. The minimum absolute atomic E-state index is 0.00302. The van der Waals surface area contributed by atoms with Gasteiger partial charge in [-0.15, -0.1) is 0 Å². The molecule has 0 fully saturated rings. The van der Waals surface area contributed by atoms with E-state index in [0.717, 1.165) is 16.8 Å². The maximum absolute atomic E-state index is 12.2. The first kappa shape index (κ1) is 23.6. The van der Waals surface area contributed by atoms with Crippen molar-refractivity contribution in [2.75, 3.05) is 25.0 Å². The molecule has 0 saturated carbocycles. The SMILES string of the molecule is CCNC(=NCc1ccc(COCC(F)(F)F)cc1)NCC1CC(=O)Nc2ccccc21. The normalized spacial score (nSPS) is 16.3. The topological polar surface area (TPSA) is 74.8 Å². The van der Waals surface area contributed by atoms with Crippen LogP contribution in [0.15, 0.2) is 53.5 Å². The zero-order valence-electron chi connectivity index (χ0n) is 17.8. The van der Waals surface area contributed by atoms with Crippen molar-refractivity contribution in [3.8, 4) is 0 Å². The molecule has 9 heteroatoms. The highest BCUT2D eigenvalue weighted by Crippen LogP contribution is 2.31. The molecule has 6 nitrogen and oxygen atoms in total. The van der Waals surface area contributed by atoms with E-state index in [9.17, 15) is 18.0 Å². The summed E-state index contributed by atoms with van der Waals surface area (Å²) in [5.41, 5.74) is 3.53. The van der Waals surface area contributed by atoms with Crippen molar-refractivity contribution in [2.24, 2.45) is 4.99 Å². The Bertz CT molecular complexity index is 930. The first-order valence-electron chi connectivity index (χ1n) is 10.5. The molecule has 0 aromatic heterocycles. The summed E-state index contributed by atoms with van der Waals surface area (Å²) in [6.07, 6.45) is -3.92. The smallest absolute Gasteiger partial charge is 0.367 e. The van der Waals surface area contributed by atoms with Crippen molar-refractivity contribution in [2.45, 2.75) is 38.6 Å². The number of alkyl halides is 3. The number of nitrogens with one attached hydrogen (secondary N) is 3. The van der Waals surface area contributed by atoms with Crippen LogP contribution < -0.4 is 16.0 Å². The van der Waals surface area contributed by atoms with Crippen LogP contribution in [-0.2, 0) is 22.7 Å². The Labute approximate surface area is 185 Å². The Balaban J connectivity index is 1.55. The van der Waals surface area contributed by atoms with Gasteiger partial charge in [0.2, 0.25) is 5.91 Å². The van der Waals surface area contributed by atoms with Crippen molar-refractivity contribution in [3.05, 3.63) is 65.2 Å². The fourth-order valence-corrected chi connectivity index (χ4v) is 3.44.